The minimum atomic E-state index is -4.40. The van der Waals surface area contributed by atoms with Gasteiger partial charge in [0.05, 0.1) is 35.9 Å². The van der Waals surface area contributed by atoms with Crippen molar-refractivity contribution >= 4 is 10.4 Å². The van der Waals surface area contributed by atoms with Crippen LogP contribution in [0.4, 0.5) is 0 Å². The van der Waals surface area contributed by atoms with Gasteiger partial charge < -0.3 is 15.8 Å². The zero-order chi connectivity index (χ0) is 27.7. The van der Waals surface area contributed by atoms with Crippen molar-refractivity contribution in [2.24, 2.45) is 5.73 Å². The molecule has 0 amide bonds. The Balaban J connectivity index is 1.95. The molecule has 0 bridgehead atoms. The average molecular weight is 544 g/mol. The van der Waals surface area contributed by atoms with Crippen LogP contribution in [0.1, 0.15) is 65.8 Å². The molecular formula is C22H41N9O5S. The zero-order valence-electron chi connectivity index (χ0n) is 22.6. The van der Waals surface area contributed by atoms with Crippen molar-refractivity contribution in [1.82, 2.24) is 40.2 Å². The summed E-state index contributed by atoms with van der Waals surface area (Å²) in [6, 6.07) is 0. The van der Waals surface area contributed by atoms with Crippen molar-refractivity contribution in [3.05, 3.63) is 35.7 Å². The maximum absolute atomic E-state index is 10.5. The van der Waals surface area contributed by atoms with Gasteiger partial charge in [-0.05, 0) is 54.4 Å². The van der Waals surface area contributed by atoms with Gasteiger partial charge in [-0.2, -0.15) is 8.42 Å². The summed E-state index contributed by atoms with van der Waals surface area (Å²) >= 11 is 0. The van der Waals surface area contributed by atoms with E-state index in [0.29, 0.717) is 44.8 Å². The van der Waals surface area contributed by atoms with Crippen LogP contribution < -0.4 is 11.1 Å². The van der Waals surface area contributed by atoms with Gasteiger partial charge in [0.1, 0.15) is 6.73 Å². The highest BCUT2D eigenvalue weighted by Crippen LogP contribution is 2.14. The van der Waals surface area contributed by atoms with Crippen LogP contribution in [0.15, 0.2) is 24.3 Å². The third-order valence-corrected chi connectivity index (χ3v) is 5.29. The second kappa shape index (κ2) is 13.3. The van der Waals surface area contributed by atoms with Crippen LogP contribution >= 0.6 is 0 Å². The topological polar surface area (TPSA) is 176 Å². The van der Waals surface area contributed by atoms with Crippen LogP contribution in [0, 0.1) is 0 Å². The van der Waals surface area contributed by atoms with Gasteiger partial charge in [0.2, 0.25) is 0 Å². The van der Waals surface area contributed by atoms with Gasteiger partial charge in [0, 0.05) is 43.7 Å². The molecule has 0 radical (unpaired) electrons. The molecule has 0 aliphatic carbocycles. The first-order chi connectivity index (χ1) is 17.1. The summed E-state index contributed by atoms with van der Waals surface area (Å²) in [6.45, 7) is 14.4. The van der Waals surface area contributed by atoms with E-state index in [2.05, 4.69) is 76.6 Å². The first-order valence-electron chi connectivity index (χ1n) is 12.1. The Morgan fingerprint density at radius 3 is 2.30 bits per heavy atom. The number of nitrogens with two attached hydrogens (primary N) is 1. The summed E-state index contributed by atoms with van der Waals surface area (Å²) < 4.78 is 42.8. The molecule has 0 aliphatic heterocycles. The molecule has 2 aromatic heterocycles. The number of hydrogen-bond donors (Lipinski definition) is 3. The van der Waals surface area contributed by atoms with E-state index >= 15 is 0 Å². The number of ether oxygens (including phenoxy) is 1. The Kier molecular flexibility index (Phi) is 11.0. The van der Waals surface area contributed by atoms with Crippen molar-refractivity contribution in [3.63, 3.8) is 0 Å². The fraction of sp³-hybridized carbons (Fsp3) is 0.727. The van der Waals surface area contributed by atoms with Gasteiger partial charge in [-0.15, -0.1) is 10.2 Å². The van der Waals surface area contributed by atoms with Crippen molar-refractivity contribution in [2.75, 3.05) is 19.8 Å². The molecule has 0 aliphatic rings. The predicted octanol–water partition coefficient (Wildman–Crippen LogP) is 1.39. The highest BCUT2D eigenvalue weighted by atomic mass is 32.3. The molecule has 2 rings (SSSR count). The summed E-state index contributed by atoms with van der Waals surface area (Å²) in [5, 5.41) is 20.2. The lowest BCUT2D eigenvalue weighted by molar-refractivity contribution is 0.0629. The minimum absolute atomic E-state index is 0.0993. The van der Waals surface area contributed by atoms with Crippen LogP contribution in [0.5, 0.6) is 0 Å². The van der Waals surface area contributed by atoms with E-state index in [1.807, 2.05) is 17.1 Å². The van der Waals surface area contributed by atoms with Gasteiger partial charge in [0.15, 0.2) is 0 Å². The second-order valence-electron chi connectivity index (χ2n) is 10.8. The van der Waals surface area contributed by atoms with Crippen molar-refractivity contribution in [3.8, 4) is 0 Å². The van der Waals surface area contributed by atoms with E-state index < -0.39 is 10.4 Å². The van der Waals surface area contributed by atoms with Crippen molar-refractivity contribution in [1.29, 1.82) is 0 Å². The van der Waals surface area contributed by atoms with Gasteiger partial charge in [0.25, 0.3) is 0 Å². The largest absolute Gasteiger partial charge is 0.400 e. The molecule has 0 fully saturated rings. The standard InChI is InChI=1S/C22H41N9O5S/c1-21(2,3)24-11-18(23)12-29(14-20-16-31(28-26-20)22(4,5)6)13-19-15-30(27-25-19)17-35-9-7-8-10-36-37(32,33)34/h11,15-16,24H,7-10,12-14,17,23H2,1-6H3,(H,32,33,34)/b18-11-. The maximum Gasteiger partial charge on any atom is 0.397 e. The van der Waals surface area contributed by atoms with Crippen LogP contribution in [-0.2, 0) is 44.7 Å². The third kappa shape index (κ3) is 13.0. The quantitative estimate of drug-likeness (QED) is 0.218. The molecule has 37 heavy (non-hydrogen) atoms. The Labute approximate surface area is 219 Å². The van der Waals surface area contributed by atoms with Gasteiger partial charge in [-0.3, -0.25) is 9.45 Å². The second-order valence-corrected chi connectivity index (χ2v) is 11.9. The Morgan fingerprint density at radius 1 is 1.08 bits per heavy atom. The number of nitrogens with zero attached hydrogens (tertiary/aromatic N) is 7. The first-order valence-corrected chi connectivity index (χ1v) is 13.4. The molecule has 0 aromatic carbocycles. The lowest BCUT2D eigenvalue weighted by Crippen LogP contribution is -2.34. The molecule has 2 heterocycles. The molecule has 0 atom stereocenters. The minimum Gasteiger partial charge on any atom is -0.400 e. The molecular weight excluding hydrogens is 502 g/mol. The van der Waals surface area contributed by atoms with E-state index in [1.54, 1.807) is 10.9 Å². The van der Waals surface area contributed by atoms with E-state index in [9.17, 15) is 8.42 Å². The Morgan fingerprint density at radius 2 is 1.70 bits per heavy atom. The zero-order valence-corrected chi connectivity index (χ0v) is 23.4. The van der Waals surface area contributed by atoms with Crippen LogP contribution in [-0.4, -0.2) is 73.2 Å². The number of aromatic nitrogens is 6. The number of unbranched alkanes of at least 4 members (excludes halogenated alkanes) is 1. The molecule has 0 saturated carbocycles. The van der Waals surface area contributed by atoms with Crippen molar-refractivity contribution < 1.29 is 21.9 Å². The van der Waals surface area contributed by atoms with Gasteiger partial charge >= 0.3 is 10.4 Å². The average Bonchev–Trinajstić information content (AvgIpc) is 3.40. The molecule has 15 heteroatoms. The summed E-state index contributed by atoms with van der Waals surface area (Å²) in [7, 11) is -4.40. The summed E-state index contributed by atoms with van der Waals surface area (Å²) in [4.78, 5) is 2.11. The number of nitrogens with one attached hydrogen (secondary N) is 1. The highest BCUT2D eigenvalue weighted by Gasteiger charge is 2.18. The maximum atomic E-state index is 10.5. The van der Waals surface area contributed by atoms with E-state index in [1.165, 1.54) is 0 Å². The molecule has 14 nitrogen and oxygen atoms in total. The number of rotatable bonds is 15. The molecule has 4 N–H and O–H groups in total. The molecule has 0 spiro atoms. The summed E-state index contributed by atoms with van der Waals surface area (Å²) in [6.07, 6.45) is 6.55. The Bertz CT molecular complexity index is 1100. The van der Waals surface area contributed by atoms with Gasteiger partial charge in [-0.25, -0.2) is 13.5 Å². The predicted molar refractivity (Wildman–Crippen MR) is 137 cm³/mol. The fourth-order valence-electron chi connectivity index (χ4n) is 3.04. The Hall–Kier alpha value is -2.59. The molecule has 0 unspecified atom stereocenters. The van der Waals surface area contributed by atoms with Crippen LogP contribution in [0.25, 0.3) is 0 Å². The first kappa shape index (κ1) is 30.6. The van der Waals surface area contributed by atoms with E-state index in [-0.39, 0.29) is 24.4 Å². The van der Waals surface area contributed by atoms with E-state index in [0.717, 1.165) is 11.4 Å². The molecule has 0 saturated heterocycles. The van der Waals surface area contributed by atoms with Gasteiger partial charge in [-0.1, -0.05) is 10.4 Å². The SMILES string of the molecule is CC(C)(C)N/C=C(\N)CN(Cc1cn(COCCCCOS(=O)(=O)O)nn1)Cc1cn(C(C)(C)C)nn1. The molecule has 2 aromatic rings. The van der Waals surface area contributed by atoms with Crippen LogP contribution in [0.3, 0.4) is 0 Å². The normalized spacial score (nSPS) is 13.5. The lowest BCUT2D eigenvalue weighted by atomic mass is 10.1. The highest BCUT2D eigenvalue weighted by molar-refractivity contribution is 7.80. The third-order valence-electron chi connectivity index (χ3n) is 4.82. The number of hydrogen-bond acceptors (Lipinski definition) is 11. The lowest BCUT2D eigenvalue weighted by Gasteiger charge is -2.23. The van der Waals surface area contributed by atoms with Crippen molar-refractivity contribution in [2.45, 2.75) is 85.3 Å². The smallest absolute Gasteiger partial charge is 0.397 e. The fourth-order valence-corrected chi connectivity index (χ4v) is 3.37. The van der Waals surface area contributed by atoms with E-state index in [4.69, 9.17) is 15.0 Å². The monoisotopic (exact) mass is 543 g/mol. The molecule has 210 valence electrons. The van der Waals surface area contributed by atoms with Crippen LogP contribution in [0.2, 0.25) is 0 Å². The summed E-state index contributed by atoms with van der Waals surface area (Å²) in [5.41, 5.74) is 8.27. The summed E-state index contributed by atoms with van der Waals surface area (Å²) in [5.74, 6) is 0.